The number of methoxy groups -OCH3 is 1. The molecule has 2 aromatic rings. The summed E-state index contributed by atoms with van der Waals surface area (Å²) in [6.45, 7) is 1.48. The van der Waals surface area contributed by atoms with E-state index in [4.69, 9.17) is 9.84 Å². The maximum absolute atomic E-state index is 13.5. The van der Waals surface area contributed by atoms with Gasteiger partial charge >= 0.3 is 6.09 Å². The zero-order valence-electron chi connectivity index (χ0n) is 16.7. The summed E-state index contributed by atoms with van der Waals surface area (Å²) in [6, 6.07) is 8.07. The van der Waals surface area contributed by atoms with Crippen LogP contribution in [0.2, 0.25) is 0 Å². The molecule has 0 bridgehead atoms. The van der Waals surface area contributed by atoms with Gasteiger partial charge in [-0.25, -0.2) is 9.18 Å². The number of benzene rings is 2. The second-order valence-corrected chi connectivity index (χ2v) is 7.20. The molecule has 3 N–H and O–H groups in total. The maximum Gasteiger partial charge on any atom is 0.405 e. The molecule has 3 rings (SSSR count). The topological polar surface area (TPSA) is 105 Å². The lowest BCUT2D eigenvalue weighted by Gasteiger charge is -2.29. The Kier molecular flexibility index (Phi) is 6.34. The Morgan fingerprint density at radius 1 is 1.23 bits per heavy atom. The minimum atomic E-state index is -1.29. The third-order valence-electron chi connectivity index (χ3n) is 5.22. The summed E-state index contributed by atoms with van der Waals surface area (Å²) >= 11 is 0. The summed E-state index contributed by atoms with van der Waals surface area (Å²) in [5.74, 6) is -1.68. The number of Topliss-reactive ketones (excluding diaryl/α,β-unsaturated/α-hetero) is 1. The molecule has 0 saturated heterocycles. The highest BCUT2D eigenvalue weighted by atomic mass is 19.1. The molecule has 2 atom stereocenters. The Labute approximate surface area is 173 Å². The molecular formula is C22H23FN2O5. The van der Waals surface area contributed by atoms with Crippen molar-refractivity contribution in [3.63, 3.8) is 0 Å². The number of ether oxygens (including phenoxy) is 1. The van der Waals surface area contributed by atoms with Gasteiger partial charge in [-0.05, 0) is 61.6 Å². The van der Waals surface area contributed by atoms with Crippen molar-refractivity contribution < 1.29 is 28.6 Å². The van der Waals surface area contributed by atoms with Crippen molar-refractivity contribution in [3.05, 3.63) is 58.9 Å². The largest absolute Gasteiger partial charge is 0.496 e. The Hall–Kier alpha value is -3.42. The van der Waals surface area contributed by atoms with Gasteiger partial charge in [-0.3, -0.25) is 9.59 Å². The number of carbonyl (C=O) groups excluding carboxylic acids is 2. The normalized spacial score (nSPS) is 16.2. The highest BCUT2D eigenvalue weighted by Gasteiger charge is 2.35. The fraction of sp³-hybridized carbons (Fsp3) is 0.318. The average Bonchev–Trinajstić information content (AvgIpc) is 2.71. The second-order valence-electron chi connectivity index (χ2n) is 7.20. The molecule has 0 heterocycles. The smallest absolute Gasteiger partial charge is 0.405 e. The number of hydrogen-bond donors (Lipinski definition) is 3. The monoisotopic (exact) mass is 414 g/mol. The summed E-state index contributed by atoms with van der Waals surface area (Å²) in [5.41, 5.74) is 1.87. The molecule has 1 aliphatic rings. The van der Waals surface area contributed by atoms with E-state index in [2.05, 4.69) is 10.6 Å². The molecule has 7 nitrogen and oxygen atoms in total. The van der Waals surface area contributed by atoms with Crippen LogP contribution in [0.4, 0.5) is 14.9 Å². The van der Waals surface area contributed by atoms with Crippen LogP contribution in [0.1, 0.15) is 47.2 Å². The summed E-state index contributed by atoms with van der Waals surface area (Å²) in [4.78, 5) is 37.2. The first-order valence-corrected chi connectivity index (χ1v) is 9.61. The lowest BCUT2D eigenvalue weighted by Crippen LogP contribution is -2.41. The van der Waals surface area contributed by atoms with Gasteiger partial charge in [-0.1, -0.05) is 12.1 Å². The number of aryl methyl sites for hydroxylation is 1. The Bertz CT molecular complexity index is 991. The number of rotatable bonds is 6. The van der Waals surface area contributed by atoms with Crippen LogP contribution in [0.25, 0.3) is 0 Å². The summed E-state index contributed by atoms with van der Waals surface area (Å²) in [6.07, 6.45) is 0.622. The van der Waals surface area contributed by atoms with Crippen LogP contribution in [-0.2, 0) is 11.2 Å². The van der Waals surface area contributed by atoms with E-state index >= 15 is 0 Å². The summed E-state index contributed by atoms with van der Waals surface area (Å²) < 4.78 is 18.9. The molecule has 0 saturated carbocycles. The van der Waals surface area contributed by atoms with Crippen LogP contribution in [0.3, 0.4) is 0 Å². The molecule has 0 fully saturated rings. The van der Waals surface area contributed by atoms with Crippen LogP contribution in [0.15, 0.2) is 36.4 Å². The first kappa shape index (κ1) is 21.3. The van der Waals surface area contributed by atoms with Crippen LogP contribution in [-0.4, -0.2) is 36.0 Å². The quantitative estimate of drug-likeness (QED) is 0.668. The highest BCUT2D eigenvalue weighted by Crippen LogP contribution is 2.39. The van der Waals surface area contributed by atoms with Gasteiger partial charge in [0.15, 0.2) is 5.78 Å². The third-order valence-corrected chi connectivity index (χ3v) is 5.22. The van der Waals surface area contributed by atoms with Crippen molar-refractivity contribution in [2.75, 3.05) is 12.4 Å². The van der Waals surface area contributed by atoms with E-state index < -0.39 is 29.8 Å². The highest BCUT2D eigenvalue weighted by molar-refractivity contribution is 6.09. The minimum absolute atomic E-state index is 0.208. The van der Waals surface area contributed by atoms with Gasteiger partial charge in [-0.2, -0.15) is 0 Å². The third kappa shape index (κ3) is 4.42. The van der Waals surface area contributed by atoms with Gasteiger partial charge < -0.3 is 20.5 Å². The minimum Gasteiger partial charge on any atom is -0.496 e. The van der Waals surface area contributed by atoms with Crippen LogP contribution in [0, 0.1) is 5.82 Å². The van der Waals surface area contributed by atoms with E-state index in [1.807, 2.05) is 6.07 Å². The van der Waals surface area contributed by atoms with Crippen molar-refractivity contribution in [1.82, 2.24) is 5.32 Å². The number of amides is 2. The van der Waals surface area contributed by atoms with E-state index in [0.717, 1.165) is 12.0 Å². The lowest BCUT2D eigenvalue weighted by molar-refractivity contribution is -0.122. The van der Waals surface area contributed by atoms with Crippen molar-refractivity contribution in [1.29, 1.82) is 0 Å². The van der Waals surface area contributed by atoms with E-state index in [0.29, 0.717) is 24.2 Å². The molecular weight excluding hydrogens is 391 g/mol. The predicted octanol–water partition coefficient (Wildman–Crippen LogP) is 3.73. The zero-order valence-corrected chi connectivity index (χ0v) is 16.7. The van der Waals surface area contributed by atoms with Gasteiger partial charge in [0.25, 0.3) is 5.91 Å². The Morgan fingerprint density at radius 2 is 2.00 bits per heavy atom. The summed E-state index contributed by atoms with van der Waals surface area (Å²) in [5, 5.41) is 13.8. The van der Waals surface area contributed by atoms with Gasteiger partial charge in [0.05, 0.1) is 18.7 Å². The van der Waals surface area contributed by atoms with E-state index in [1.165, 1.54) is 32.2 Å². The van der Waals surface area contributed by atoms with Crippen LogP contribution in [0.5, 0.6) is 5.75 Å². The van der Waals surface area contributed by atoms with Crippen LogP contribution < -0.4 is 15.4 Å². The molecule has 158 valence electrons. The molecule has 0 aromatic heterocycles. The molecule has 1 aliphatic carbocycles. The molecule has 0 aliphatic heterocycles. The van der Waals surface area contributed by atoms with Gasteiger partial charge in [0, 0.05) is 11.6 Å². The second kappa shape index (κ2) is 8.94. The fourth-order valence-corrected chi connectivity index (χ4v) is 3.91. The first-order valence-electron chi connectivity index (χ1n) is 9.61. The van der Waals surface area contributed by atoms with Gasteiger partial charge in [0.2, 0.25) is 0 Å². The predicted molar refractivity (Wildman–Crippen MR) is 109 cm³/mol. The van der Waals surface area contributed by atoms with Gasteiger partial charge in [-0.15, -0.1) is 0 Å². The molecule has 2 amide bonds. The number of carboxylic acid groups (broad SMARTS) is 1. The van der Waals surface area contributed by atoms with Crippen molar-refractivity contribution in [2.24, 2.45) is 0 Å². The number of halogens is 1. The fourth-order valence-electron chi connectivity index (χ4n) is 3.91. The van der Waals surface area contributed by atoms with E-state index in [-0.39, 0.29) is 17.0 Å². The van der Waals surface area contributed by atoms with Crippen LogP contribution >= 0.6 is 0 Å². The Balaban J connectivity index is 2.04. The first-order chi connectivity index (χ1) is 14.3. The molecule has 2 aromatic carbocycles. The number of fused-ring (bicyclic) bond motifs is 1. The molecule has 2 unspecified atom stereocenters. The van der Waals surface area contributed by atoms with Crippen molar-refractivity contribution in [3.8, 4) is 5.75 Å². The number of hydrogen-bond acceptors (Lipinski definition) is 4. The van der Waals surface area contributed by atoms with Crippen molar-refractivity contribution in [2.45, 2.75) is 38.1 Å². The van der Waals surface area contributed by atoms with E-state index in [9.17, 15) is 18.8 Å². The molecule has 0 spiro atoms. The molecule has 8 heteroatoms. The number of anilines is 1. The van der Waals surface area contributed by atoms with Gasteiger partial charge in [0.1, 0.15) is 11.6 Å². The average molecular weight is 414 g/mol. The maximum atomic E-state index is 13.5. The molecule has 0 radical (unpaired) electrons. The van der Waals surface area contributed by atoms with E-state index in [1.54, 1.807) is 12.1 Å². The zero-order chi connectivity index (χ0) is 21.8. The SMILES string of the molecule is COc1ccc2c(c1C(=O)Nc1cccc(F)c1)C(C(=O)C(C)NC(=O)O)CCC2. The lowest BCUT2D eigenvalue weighted by atomic mass is 9.76. The summed E-state index contributed by atoms with van der Waals surface area (Å²) in [7, 11) is 1.43. The van der Waals surface area contributed by atoms with Crippen molar-refractivity contribution >= 4 is 23.5 Å². The standard InChI is InChI=1S/C22H23FN2O5/c1-12(24-22(28)29)20(26)16-8-3-5-13-9-10-17(30-2)19(18(13)16)21(27)25-15-7-4-6-14(23)11-15/h4,6-7,9-12,16,24H,3,5,8H2,1-2H3,(H,25,27)(H,28,29). The number of ketones is 1. The number of carbonyl (C=O) groups is 3. The molecule has 30 heavy (non-hydrogen) atoms. The number of nitrogens with one attached hydrogen (secondary N) is 2. The Morgan fingerprint density at radius 3 is 2.67 bits per heavy atom.